The fourth-order valence-electron chi connectivity index (χ4n) is 2.91. The lowest BCUT2D eigenvalue weighted by molar-refractivity contribution is -0.123. The fourth-order valence-corrected chi connectivity index (χ4v) is 2.91. The number of benzene rings is 2. The lowest BCUT2D eigenvalue weighted by Crippen LogP contribution is -2.46. The van der Waals surface area contributed by atoms with Gasteiger partial charge in [0.05, 0.1) is 0 Å². The van der Waals surface area contributed by atoms with Gasteiger partial charge in [-0.1, -0.05) is 42.5 Å². The highest BCUT2D eigenvalue weighted by Gasteiger charge is 2.11. The molecule has 3 rings (SSSR count). The first-order chi connectivity index (χ1) is 13.3. The van der Waals surface area contributed by atoms with E-state index in [-0.39, 0.29) is 12.5 Å². The molecule has 1 heterocycles. The Morgan fingerprint density at radius 2 is 1.63 bits per heavy atom. The van der Waals surface area contributed by atoms with Crippen LogP contribution < -0.4 is 20.1 Å². The predicted octanol–water partition coefficient (Wildman–Crippen LogP) is 1.67. The minimum Gasteiger partial charge on any atom is -0.485 e. The number of nitrogens with one attached hydrogen (secondary N) is 2. The van der Waals surface area contributed by atoms with Crippen molar-refractivity contribution in [1.29, 1.82) is 0 Å². The molecular weight excluding hydrogens is 342 g/mol. The minimum atomic E-state index is -0.122. The van der Waals surface area contributed by atoms with E-state index in [9.17, 15) is 4.79 Å². The normalized spacial score (nSPS) is 14.5. The quantitative estimate of drug-likeness (QED) is 0.704. The molecule has 0 atom stereocenters. The number of carbonyl (C=O) groups is 1. The Bertz CT molecular complexity index is 703. The molecule has 1 fully saturated rings. The SMILES string of the molecule is O=C(COc1ccccc1OCc1ccccc1)NCCN1CCNCC1. The zero-order chi connectivity index (χ0) is 18.7. The molecule has 1 saturated heterocycles. The van der Waals surface area contributed by atoms with Gasteiger partial charge in [0.2, 0.25) is 0 Å². The number of amides is 1. The molecule has 6 nitrogen and oxygen atoms in total. The lowest BCUT2D eigenvalue weighted by atomic mass is 10.2. The molecule has 2 N–H and O–H groups in total. The van der Waals surface area contributed by atoms with Crippen LogP contribution in [0.3, 0.4) is 0 Å². The van der Waals surface area contributed by atoms with Gasteiger partial charge in [-0.25, -0.2) is 0 Å². The molecule has 0 radical (unpaired) electrons. The van der Waals surface area contributed by atoms with Gasteiger partial charge >= 0.3 is 0 Å². The van der Waals surface area contributed by atoms with Crippen molar-refractivity contribution in [2.24, 2.45) is 0 Å². The maximum Gasteiger partial charge on any atom is 0.257 e. The van der Waals surface area contributed by atoms with Crippen molar-refractivity contribution in [3.8, 4) is 11.5 Å². The molecule has 2 aromatic rings. The predicted molar refractivity (Wildman–Crippen MR) is 105 cm³/mol. The number of rotatable bonds is 9. The standard InChI is InChI=1S/C21H27N3O3/c25-21(23-12-15-24-13-10-22-11-14-24)17-27-20-9-5-4-8-19(20)26-16-18-6-2-1-3-7-18/h1-9,22H,10-17H2,(H,23,25). The largest absolute Gasteiger partial charge is 0.485 e. The minimum absolute atomic E-state index is 0.0206. The van der Waals surface area contributed by atoms with Crippen molar-refractivity contribution in [1.82, 2.24) is 15.5 Å². The molecule has 1 aliphatic heterocycles. The number of para-hydroxylation sites is 2. The summed E-state index contributed by atoms with van der Waals surface area (Å²) in [6.07, 6.45) is 0. The smallest absolute Gasteiger partial charge is 0.257 e. The van der Waals surface area contributed by atoms with Gasteiger partial charge in [-0.05, 0) is 17.7 Å². The van der Waals surface area contributed by atoms with Crippen molar-refractivity contribution < 1.29 is 14.3 Å². The van der Waals surface area contributed by atoms with Crippen molar-refractivity contribution in [2.75, 3.05) is 45.9 Å². The average molecular weight is 369 g/mol. The van der Waals surface area contributed by atoms with Crippen LogP contribution in [0, 0.1) is 0 Å². The third-order valence-corrected chi connectivity index (χ3v) is 4.40. The Hall–Kier alpha value is -2.57. The second-order valence-electron chi connectivity index (χ2n) is 6.45. The van der Waals surface area contributed by atoms with Crippen LogP contribution in [0.2, 0.25) is 0 Å². The van der Waals surface area contributed by atoms with Crippen molar-refractivity contribution in [3.05, 3.63) is 60.2 Å². The molecule has 0 unspecified atom stereocenters. The van der Waals surface area contributed by atoms with E-state index >= 15 is 0 Å². The molecule has 0 aromatic heterocycles. The summed E-state index contributed by atoms with van der Waals surface area (Å²) < 4.78 is 11.5. The zero-order valence-corrected chi connectivity index (χ0v) is 15.5. The second-order valence-corrected chi connectivity index (χ2v) is 6.45. The molecule has 2 aromatic carbocycles. The van der Waals surface area contributed by atoms with E-state index in [1.165, 1.54) is 0 Å². The monoisotopic (exact) mass is 369 g/mol. The van der Waals surface area contributed by atoms with Crippen molar-refractivity contribution in [3.63, 3.8) is 0 Å². The van der Waals surface area contributed by atoms with Crippen LogP contribution in [0.4, 0.5) is 0 Å². The van der Waals surface area contributed by atoms with Crippen LogP contribution in [-0.2, 0) is 11.4 Å². The first-order valence-corrected chi connectivity index (χ1v) is 9.39. The summed E-state index contributed by atoms with van der Waals surface area (Å²) in [7, 11) is 0. The highest BCUT2D eigenvalue weighted by Crippen LogP contribution is 2.27. The first-order valence-electron chi connectivity index (χ1n) is 9.39. The molecular formula is C21H27N3O3. The molecule has 0 bridgehead atoms. The van der Waals surface area contributed by atoms with E-state index in [1.807, 2.05) is 54.6 Å². The van der Waals surface area contributed by atoms with E-state index in [4.69, 9.17) is 9.47 Å². The maximum absolute atomic E-state index is 12.0. The number of nitrogens with zero attached hydrogens (tertiary/aromatic N) is 1. The summed E-state index contributed by atoms with van der Waals surface area (Å²) in [6.45, 7) is 6.01. The van der Waals surface area contributed by atoms with E-state index in [0.717, 1.165) is 38.3 Å². The molecule has 0 aliphatic carbocycles. The van der Waals surface area contributed by atoms with Crippen molar-refractivity contribution in [2.45, 2.75) is 6.61 Å². The van der Waals surface area contributed by atoms with Crippen LogP contribution in [0.15, 0.2) is 54.6 Å². The molecule has 1 amide bonds. The van der Waals surface area contributed by atoms with Crippen LogP contribution in [-0.4, -0.2) is 56.7 Å². The second kappa shape index (κ2) is 10.5. The summed E-state index contributed by atoms with van der Waals surface area (Å²) in [5.41, 5.74) is 1.08. The first kappa shape index (κ1) is 19.2. The molecule has 6 heteroatoms. The van der Waals surface area contributed by atoms with Gasteiger partial charge in [0.1, 0.15) is 6.61 Å². The Balaban J connectivity index is 1.41. The van der Waals surface area contributed by atoms with Gasteiger partial charge in [-0.3, -0.25) is 9.69 Å². The average Bonchev–Trinajstić information content (AvgIpc) is 2.73. The lowest BCUT2D eigenvalue weighted by Gasteiger charge is -2.27. The number of hydrogen-bond donors (Lipinski definition) is 2. The number of hydrogen-bond acceptors (Lipinski definition) is 5. The van der Waals surface area contributed by atoms with E-state index < -0.39 is 0 Å². The summed E-state index contributed by atoms with van der Waals surface area (Å²) in [6, 6.07) is 17.4. The third kappa shape index (κ3) is 6.58. The summed E-state index contributed by atoms with van der Waals surface area (Å²) in [5, 5.41) is 6.23. The highest BCUT2D eigenvalue weighted by atomic mass is 16.5. The number of piperazine rings is 1. The Morgan fingerprint density at radius 3 is 2.37 bits per heavy atom. The molecule has 27 heavy (non-hydrogen) atoms. The number of ether oxygens (including phenoxy) is 2. The number of carbonyl (C=O) groups excluding carboxylic acids is 1. The maximum atomic E-state index is 12.0. The molecule has 1 aliphatic rings. The molecule has 0 saturated carbocycles. The van der Waals surface area contributed by atoms with Crippen LogP contribution >= 0.6 is 0 Å². The van der Waals surface area contributed by atoms with E-state index in [0.29, 0.717) is 24.7 Å². The van der Waals surface area contributed by atoms with Gasteiger partial charge in [0, 0.05) is 39.3 Å². The summed E-state index contributed by atoms with van der Waals surface area (Å²) in [4.78, 5) is 14.4. The topological polar surface area (TPSA) is 62.8 Å². The highest BCUT2D eigenvalue weighted by molar-refractivity contribution is 5.77. The third-order valence-electron chi connectivity index (χ3n) is 4.40. The van der Waals surface area contributed by atoms with Crippen LogP contribution in [0.1, 0.15) is 5.56 Å². The molecule has 0 spiro atoms. The van der Waals surface area contributed by atoms with Gasteiger partial charge < -0.3 is 20.1 Å². The van der Waals surface area contributed by atoms with Gasteiger partial charge in [0.25, 0.3) is 5.91 Å². The van der Waals surface area contributed by atoms with Gasteiger partial charge in [-0.15, -0.1) is 0 Å². The Morgan fingerprint density at radius 1 is 0.963 bits per heavy atom. The Labute approximate surface area is 160 Å². The summed E-state index contributed by atoms with van der Waals surface area (Å²) in [5.74, 6) is 1.09. The van der Waals surface area contributed by atoms with E-state index in [2.05, 4.69) is 15.5 Å². The fraction of sp³-hybridized carbons (Fsp3) is 0.381. The van der Waals surface area contributed by atoms with Crippen LogP contribution in [0.25, 0.3) is 0 Å². The molecule has 144 valence electrons. The van der Waals surface area contributed by atoms with Crippen molar-refractivity contribution >= 4 is 5.91 Å². The zero-order valence-electron chi connectivity index (χ0n) is 15.5. The van der Waals surface area contributed by atoms with Gasteiger partial charge in [0.15, 0.2) is 18.1 Å². The Kier molecular flexibility index (Phi) is 7.50. The van der Waals surface area contributed by atoms with E-state index in [1.54, 1.807) is 0 Å². The summed E-state index contributed by atoms with van der Waals surface area (Å²) >= 11 is 0. The van der Waals surface area contributed by atoms with Crippen LogP contribution in [0.5, 0.6) is 11.5 Å². The van der Waals surface area contributed by atoms with Gasteiger partial charge in [-0.2, -0.15) is 0 Å².